The maximum atomic E-state index is 10.2. The zero-order valence-corrected chi connectivity index (χ0v) is 8.17. The number of carboxylic acids is 1. The summed E-state index contributed by atoms with van der Waals surface area (Å²) < 4.78 is 5.10. The number of nitrogens with one attached hydrogen (secondary N) is 1. The second kappa shape index (κ2) is 7.76. The average Bonchev–Trinajstić information content (AvgIpc) is 2.02. The minimum Gasteiger partial charge on any atom is -0.478 e. The van der Waals surface area contributed by atoms with Crippen LogP contribution in [0.15, 0.2) is 11.6 Å². The second-order valence-electron chi connectivity index (χ2n) is 2.70. The van der Waals surface area contributed by atoms with E-state index >= 15 is 0 Å². The fraction of sp³-hybridized carbons (Fsp3) is 0.667. The normalized spacial score (nSPS) is 11.7. The fourth-order valence-corrected chi connectivity index (χ4v) is 0.836. The molecule has 0 heterocycles. The largest absolute Gasteiger partial charge is 0.478 e. The molecule has 0 spiro atoms. The molecule has 0 amide bonds. The van der Waals surface area contributed by atoms with Gasteiger partial charge in [-0.1, -0.05) is 5.57 Å². The van der Waals surface area contributed by atoms with Gasteiger partial charge in [-0.2, -0.15) is 0 Å². The van der Waals surface area contributed by atoms with Crippen molar-refractivity contribution in [1.29, 1.82) is 0 Å². The van der Waals surface area contributed by atoms with Crippen molar-refractivity contribution in [3.8, 4) is 0 Å². The Labute approximate surface area is 78.6 Å². The van der Waals surface area contributed by atoms with Gasteiger partial charge in [-0.25, -0.2) is 4.79 Å². The highest BCUT2D eigenvalue weighted by atomic mass is 16.5. The zero-order valence-electron chi connectivity index (χ0n) is 8.17. The molecule has 0 bridgehead atoms. The summed E-state index contributed by atoms with van der Waals surface area (Å²) in [4.78, 5) is 10.2. The van der Waals surface area contributed by atoms with E-state index in [1.54, 1.807) is 6.92 Å². The number of aliphatic carboxylic acids is 1. The molecule has 0 fully saturated rings. The standard InChI is InChI=1S/C9H17NO3/c1-3-13-5-4-10-7-8(2)6-9(11)12/h6,10H,3-5,7H2,1-2H3,(H,11,12). The third-order valence-electron chi connectivity index (χ3n) is 1.40. The zero-order chi connectivity index (χ0) is 10.1. The first-order valence-corrected chi connectivity index (χ1v) is 4.35. The third kappa shape index (κ3) is 9.04. The lowest BCUT2D eigenvalue weighted by Gasteiger charge is -2.04. The van der Waals surface area contributed by atoms with Crippen molar-refractivity contribution in [2.45, 2.75) is 13.8 Å². The van der Waals surface area contributed by atoms with Crippen LogP contribution in [0, 0.1) is 0 Å². The average molecular weight is 187 g/mol. The third-order valence-corrected chi connectivity index (χ3v) is 1.40. The Balaban J connectivity index is 3.37. The van der Waals surface area contributed by atoms with E-state index in [1.807, 2.05) is 6.92 Å². The second-order valence-corrected chi connectivity index (χ2v) is 2.70. The van der Waals surface area contributed by atoms with E-state index in [0.717, 1.165) is 12.1 Å². The molecule has 4 heteroatoms. The van der Waals surface area contributed by atoms with Crippen LogP contribution in [0.4, 0.5) is 0 Å². The minimum absolute atomic E-state index is 0.597. The lowest BCUT2D eigenvalue weighted by atomic mass is 10.3. The first-order valence-electron chi connectivity index (χ1n) is 4.35. The van der Waals surface area contributed by atoms with Crippen LogP contribution in [-0.2, 0) is 9.53 Å². The number of hydrogen-bond acceptors (Lipinski definition) is 3. The number of ether oxygens (including phenoxy) is 1. The Morgan fingerprint density at radius 2 is 2.31 bits per heavy atom. The summed E-state index contributed by atoms with van der Waals surface area (Å²) >= 11 is 0. The van der Waals surface area contributed by atoms with E-state index in [0.29, 0.717) is 19.8 Å². The molecule has 0 aromatic carbocycles. The van der Waals surface area contributed by atoms with Gasteiger partial charge in [0.2, 0.25) is 0 Å². The van der Waals surface area contributed by atoms with Crippen molar-refractivity contribution >= 4 is 5.97 Å². The molecule has 76 valence electrons. The van der Waals surface area contributed by atoms with E-state index in [9.17, 15) is 4.79 Å². The molecular weight excluding hydrogens is 170 g/mol. The highest BCUT2D eigenvalue weighted by Gasteiger charge is 1.93. The molecule has 13 heavy (non-hydrogen) atoms. The van der Waals surface area contributed by atoms with E-state index in [2.05, 4.69) is 5.32 Å². The number of carbonyl (C=O) groups is 1. The van der Waals surface area contributed by atoms with E-state index in [-0.39, 0.29) is 0 Å². The molecule has 0 aromatic heterocycles. The van der Waals surface area contributed by atoms with Crippen LogP contribution in [0.25, 0.3) is 0 Å². The van der Waals surface area contributed by atoms with Gasteiger partial charge >= 0.3 is 5.97 Å². The monoisotopic (exact) mass is 187 g/mol. The summed E-state index contributed by atoms with van der Waals surface area (Å²) in [5.41, 5.74) is 0.809. The van der Waals surface area contributed by atoms with E-state index < -0.39 is 5.97 Å². The molecule has 0 radical (unpaired) electrons. The highest BCUT2D eigenvalue weighted by Crippen LogP contribution is 1.88. The van der Waals surface area contributed by atoms with Crippen molar-refractivity contribution in [2.24, 2.45) is 0 Å². The van der Waals surface area contributed by atoms with Gasteiger partial charge in [0.15, 0.2) is 0 Å². The first kappa shape index (κ1) is 12.1. The van der Waals surface area contributed by atoms with Gasteiger partial charge < -0.3 is 15.2 Å². The quantitative estimate of drug-likeness (QED) is 0.453. The predicted molar refractivity (Wildman–Crippen MR) is 50.8 cm³/mol. The summed E-state index contributed by atoms with van der Waals surface area (Å²) in [6.45, 7) is 6.44. The Morgan fingerprint density at radius 1 is 1.62 bits per heavy atom. The van der Waals surface area contributed by atoms with Crippen molar-refractivity contribution in [1.82, 2.24) is 5.32 Å². The molecule has 4 nitrogen and oxygen atoms in total. The van der Waals surface area contributed by atoms with Crippen LogP contribution in [0.5, 0.6) is 0 Å². The molecule has 0 rings (SSSR count). The van der Waals surface area contributed by atoms with Crippen LogP contribution in [-0.4, -0.2) is 37.4 Å². The fourth-order valence-electron chi connectivity index (χ4n) is 0.836. The highest BCUT2D eigenvalue weighted by molar-refractivity contribution is 5.80. The summed E-state index contributed by atoms with van der Waals surface area (Å²) in [5, 5.41) is 11.5. The molecule has 0 aliphatic carbocycles. The minimum atomic E-state index is -0.899. The van der Waals surface area contributed by atoms with Crippen molar-refractivity contribution < 1.29 is 14.6 Å². The summed E-state index contributed by atoms with van der Waals surface area (Å²) in [5.74, 6) is -0.899. The van der Waals surface area contributed by atoms with Crippen molar-refractivity contribution in [3.63, 3.8) is 0 Å². The van der Waals surface area contributed by atoms with Crippen molar-refractivity contribution in [3.05, 3.63) is 11.6 Å². The molecule has 0 aliphatic heterocycles. The Bertz CT molecular complexity index is 178. The lowest BCUT2D eigenvalue weighted by Crippen LogP contribution is -2.21. The molecule has 0 saturated heterocycles. The van der Waals surface area contributed by atoms with Gasteiger partial charge in [-0.05, 0) is 13.8 Å². The topological polar surface area (TPSA) is 58.6 Å². The predicted octanol–water partition coefficient (Wildman–Crippen LogP) is 0.643. The Morgan fingerprint density at radius 3 is 2.85 bits per heavy atom. The van der Waals surface area contributed by atoms with Crippen LogP contribution in [0.1, 0.15) is 13.8 Å². The molecule has 2 N–H and O–H groups in total. The Hall–Kier alpha value is -0.870. The number of rotatable bonds is 7. The molecule has 0 unspecified atom stereocenters. The SMILES string of the molecule is CCOCCNCC(C)=CC(=O)O. The number of carboxylic acid groups (broad SMARTS) is 1. The van der Waals surface area contributed by atoms with Crippen molar-refractivity contribution in [2.75, 3.05) is 26.3 Å². The van der Waals surface area contributed by atoms with Crippen LogP contribution in [0.3, 0.4) is 0 Å². The molecule has 0 atom stereocenters. The Kier molecular flexibility index (Phi) is 7.24. The smallest absolute Gasteiger partial charge is 0.328 e. The summed E-state index contributed by atoms with van der Waals surface area (Å²) in [6, 6.07) is 0. The van der Waals surface area contributed by atoms with Gasteiger partial charge in [0.25, 0.3) is 0 Å². The van der Waals surface area contributed by atoms with Gasteiger partial charge in [0.1, 0.15) is 0 Å². The van der Waals surface area contributed by atoms with Crippen LogP contribution in [0.2, 0.25) is 0 Å². The molecule has 0 saturated carbocycles. The van der Waals surface area contributed by atoms with Gasteiger partial charge in [0, 0.05) is 25.8 Å². The molecule has 0 aromatic rings. The van der Waals surface area contributed by atoms with Crippen LogP contribution >= 0.6 is 0 Å². The number of hydrogen-bond donors (Lipinski definition) is 2. The van der Waals surface area contributed by atoms with E-state index in [4.69, 9.17) is 9.84 Å². The molecule has 0 aliphatic rings. The molecular formula is C9H17NO3. The van der Waals surface area contributed by atoms with E-state index in [1.165, 1.54) is 6.08 Å². The maximum Gasteiger partial charge on any atom is 0.328 e. The first-order chi connectivity index (χ1) is 6.16. The lowest BCUT2D eigenvalue weighted by molar-refractivity contribution is -0.131. The summed E-state index contributed by atoms with van der Waals surface area (Å²) in [7, 11) is 0. The summed E-state index contributed by atoms with van der Waals surface area (Å²) in [6.07, 6.45) is 1.20. The van der Waals surface area contributed by atoms with Crippen LogP contribution < -0.4 is 5.32 Å². The van der Waals surface area contributed by atoms with Gasteiger partial charge in [-0.15, -0.1) is 0 Å². The maximum absolute atomic E-state index is 10.2. The van der Waals surface area contributed by atoms with Gasteiger partial charge in [-0.3, -0.25) is 0 Å². The van der Waals surface area contributed by atoms with Gasteiger partial charge in [0.05, 0.1) is 6.61 Å².